The first-order chi connectivity index (χ1) is 13.8. The molecule has 0 bridgehead atoms. The molecule has 0 spiro atoms. The van der Waals surface area contributed by atoms with E-state index in [0.717, 1.165) is 28.4 Å². The normalized spacial score (nSPS) is 10.8. The lowest BCUT2D eigenvalue weighted by atomic mass is 10.1. The molecule has 2 aromatic carbocycles. The number of nitrogens with one attached hydrogen (secondary N) is 3. The van der Waals surface area contributed by atoms with E-state index in [9.17, 15) is 4.79 Å². The van der Waals surface area contributed by atoms with Crippen LogP contribution in [0.1, 0.15) is 26.3 Å². The van der Waals surface area contributed by atoms with Crippen LogP contribution in [0.15, 0.2) is 42.5 Å². The molecule has 0 atom stereocenters. The van der Waals surface area contributed by atoms with Gasteiger partial charge in [0.25, 0.3) is 0 Å². The van der Waals surface area contributed by atoms with E-state index < -0.39 is 11.7 Å². The van der Waals surface area contributed by atoms with Crippen LogP contribution in [0.3, 0.4) is 0 Å². The van der Waals surface area contributed by atoms with E-state index in [1.807, 2.05) is 63.2 Å². The molecule has 3 N–H and O–H groups in total. The highest BCUT2D eigenvalue weighted by Crippen LogP contribution is 2.27. The predicted octanol–water partition coefficient (Wildman–Crippen LogP) is 4.25. The second kappa shape index (κ2) is 10.5. The predicted molar refractivity (Wildman–Crippen MR) is 116 cm³/mol. The summed E-state index contributed by atoms with van der Waals surface area (Å²) in [6, 6.07) is 13.7. The molecule has 1 amide bonds. The van der Waals surface area contributed by atoms with Crippen molar-refractivity contribution in [2.45, 2.75) is 32.9 Å². The number of rotatable bonds is 9. The molecule has 158 valence electrons. The van der Waals surface area contributed by atoms with Gasteiger partial charge in [0.2, 0.25) is 0 Å². The fourth-order valence-corrected chi connectivity index (χ4v) is 2.66. The van der Waals surface area contributed by atoms with Crippen LogP contribution < -0.4 is 25.4 Å². The lowest BCUT2D eigenvalue weighted by Gasteiger charge is -2.20. The van der Waals surface area contributed by atoms with Gasteiger partial charge in [-0.1, -0.05) is 12.1 Å². The molecule has 0 saturated heterocycles. The zero-order valence-corrected chi connectivity index (χ0v) is 17.8. The fraction of sp³-hybridized carbons (Fsp3) is 0.409. The van der Waals surface area contributed by atoms with Crippen molar-refractivity contribution < 1.29 is 19.0 Å². The molecular weight excluding hydrogens is 370 g/mol. The van der Waals surface area contributed by atoms with E-state index in [0.29, 0.717) is 19.6 Å². The first kappa shape index (κ1) is 22.2. The molecule has 0 unspecified atom stereocenters. The van der Waals surface area contributed by atoms with E-state index in [4.69, 9.17) is 14.2 Å². The van der Waals surface area contributed by atoms with Crippen molar-refractivity contribution in [1.29, 1.82) is 0 Å². The van der Waals surface area contributed by atoms with Gasteiger partial charge in [-0.05, 0) is 45.0 Å². The molecule has 0 aliphatic carbocycles. The van der Waals surface area contributed by atoms with Gasteiger partial charge in [-0.25, -0.2) is 4.79 Å². The number of hydrogen-bond donors (Lipinski definition) is 3. The SMILES string of the molecule is COc1ccc(CNc2ccccc2NCCNC(=O)OC(C)(C)C)c(OC)c1. The van der Waals surface area contributed by atoms with Crippen molar-refractivity contribution in [3.8, 4) is 11.5 Å². The average Bonchev–Trinajstić information content (AvgIpc) is 2.69. The summed E-state index contributed by atoms with van der Waals surface area (Å²) in [7, 11) is 3.28. The van der Waals surface area contributed by atoms with E-state index in [-0.39, 0.29) is 0 Å². The number of para-hydroxylation sites is 2. The molecular formula is C22H31N3O4. The number of benzene rings is 2. The van der Waals surface area contributed by atoms with Crippen LogP contribution >= 0.6 is 0 Å². The number of hydrogen-bond acceptors (Lipinski definition) is 6. The van der Waals surface area contributed by atoms with Crippen molar-refractivity contribution in [3.63, 3.8) is 0 Å². The van der Waals surface area contributed by atoms with Gasteiger partial charge in [0, 0.05) is 31.3 Å². The number of alkyl carbamates (subject to hydrolysis) is 1. The number of carbonyl (C=O) groups excluding carboxylic acids is 1. The van der Waals surface area contributed by atoms with Crippen molar-refractivity contribution in [2.24, 2.45) is 0 Å². The van der Waals surface area contributed by atoms with Crippen molar-refractivity contribution >= 4 is 17.5 Å². The molecule has 0 radical (unpaired) electrons. The maximum Gasteiger partial charge on any atom is 0.407 e. The van der Waals surface area contributed by atoms with Gasteiger partial charge in [-0.2, -0.15) is 0 Å². The van der Waals surface area contributed by atoms with E-state index in [2.05, 4.69) is 16.0 Å². The van der Waals surface area contributed by atoms with Crippen molar-refractivity contribution in [2.75, 3.05) is 37.9 Å². The summed E-state index contributed by atoms with van der Waals surface area (Å²) in [5.74, 6) is 1.52. The molecule has 29 heavy (non-hydrogen) atoms. The quantitative estimate of drug-likeness (QED) is 0.545. The lowest BCUT2D eigenvalue weighted by Crippen LogP contribution is -2.35. The zero-order chi connectivity index (χ0) is 21.3. The third-order valence-electron chi connectivity index (χ3n) is 4.00. The van der Waals surface area contributed by atoms with Gasteiger partial charge in [0.15, 0.2) is 0 Å². The van der Waals surface area contributed by atoms with Gasteiger partial charge in [-0.15, -0.1) is 0 Å². The summed E-state index contributed by atoms with van der Waals surface area (Å²) in [6.07, 6.45) is -0.419. The molecule has 7 heteroatoms. The monoisotopic (exact) mass is 401 g/mol. The third-order valence-corrected chi connectivity index (χ3v) is 4.00. The molecule has 0 fully saturated rings. The second-order valence-electron chi connectivity index (χ2n) is 7.43. The number of anilines is 2. The van der Waals surface area contributed by atoms with Crippen LogP contribution in [0, 0.1) is 0 Å². The summed E-state index contributed by atoms with van der Waals surface area (Å²) in [5.41, 5.74) is 2.43. The van der Waals surface area contributed by atoms with Crippen LogP contribution in [0.25, 0.3) is 0 Å². The van der Waals surface area contributed by atoms with E-state index in [1.54, 1.807) is 14.2 Å². The zero-order valence-electron chi connectivity index (χ0n) is 17.8. The Labute approximate surface area is 172 Å². The Hall–Kier alpha value is -3.09. The maximum atomic E-state index is 11.7. The molecule has 0 heterocycles. The lowest BCUT2D eigenvalue weighted by molar-refractivity contribution is 0.0530. The Morgan fingerprint density at radius 2 is 1.62 bits per heavy atom. The van der Waals surface area contributed by atoms with Crippen LogP contribution in [0.4, 0.5) is 16.2 Å². The molecule has 2 rings (SSSR count). The Balaban J connectivity index is 1.90. The standard InChI is InChI=1S/C22H31N3O4/c1-22(2,3)29-21(26)24-13-12-23-18-8-6-7-9-19(18)25-15-16-10-11-17(27-4)14-20(16)28-5/h6-11,14,23,25H,12-13,15H2,1-5H3,(H,24,26). The molecule has 0 aromatic heterocycles. The van der Waals surface area contributed by atoms with Crippen molar-refractivity contribution in [3.05, 3.63) is 48.0 Å². The second-order valence-corrected chi connectivity index (χ2v) is 7.43. The summed E-state index contributed by atoms with van der Waals surface area (Å²) < 4.78 is 15.9. The molecule has 7 nitrogen and oxygen atoms in total. The largest absolute Gasteiger partial charge is 0.497 e. The first-order valence-electron chi connectivity index (χ1n) is 9.57. The van der Waals surface area contributed by atoms with Crippen LogP contribution in [-0.4, -0.2) is 39.0 Å². The van der Waals surface area contributed by atoms with Gasteiger partial charge < -0.3 is 30.2 Å². The highest BCUT2D eigenvalue weighted by molar-refractivity contribution is 5.69. The summed E-state index contributed by atoms with van der Waals surface area (Å²) >= 11 is 0. The highest BCUT2D eigenvalue weighted by atomic mass is 16.6. The smallest absolute Gasteiger partial charge is 0.407 e. The van der Waals surface area contributed by atoms with Crippen LogP contribution in [0.5, 0.6) is 11.5 Å². The maximum absolute atomic E-state index is 11.7. The third kappa shape index (κ3) is 7.44. The Kier molecular flexibility index (Phi) is 8.00. The number of carbonyl (C=O) groups is 1. The van der Waals surface area contributed by atoms with Gasteiger partial charge in [0.05, 0.1) is 25.6 Å². The van der Waals surface area contributed by atoms with Crippen LogP contribution in [0.2, 0.25) is 0 Å². The minimum absolute atomic E-state index is 0.419. The first-order valence-corrected chi connectivity index (χ1v) is 9.57. The number of amides is 1. The molecule has 0 aliphatic rings. The summed E-state index contributed by atoms with van der Waals surface area (Å²) in [6.45, 7) is 7.14. The molecule has 0 aliphatic heterocycles. The number of methoxy groups -OCH3 is 2. The van der Waals surface area contributed by atoms with Crippen molar-refractivity contribution in [1.82, 2.24) is 5.32 Å². The molecule has 0 saturated carbocycles. The minimum atomic E-state index is -0.503. The minimum Gasteiger partial charge on any atom is -0.497 e. The highest BCUT2D eigenvalue weighted by Gasteiger charge is 2.15. The average molecular weight is 402 g/mol. The van der Waals surface area contributed by atoms with Gasteiger partial charge in [0.1, 0.15) is 17.1 Å². The van der Waals surface area contributed by atoms with Gasteiger partial charge in [-0.3, -0.25) is 0 Å². The van der Waals surface area contributed by atoms with Crippen LogP contribution in [-0.2, 0) is 11.3 Å². The van der Waals surface area contributed by atoms with Gasteiger partial charge >= 0.3 is 6.09 Å². The topological polar surface area (TPSA) is 80.9 Å². The van der Waals surface area contributed by atoms with E-state index in [1.165, 1.54) is 0 Å². The molecule has 2 aromatic rings. The number of ether oxygens (including phenoxy) is 3. The Morgan fingerprint density at radius 1 is 0.931 bits per heavy atom. The summed E-state index contributed by atoms with van der Waals surface area (Å²) in [5, 5.41) is 9.50. The Bertz CT molecular complexity index is 803. The Morgan fingerprint density at radius 3 is 2.24 bits per heavy atom. The van der Waals surface area contributed by atoms with E-state index >= 15 is 0 Å². The summed E-state index contributed by atoms with van der Waals surface area (Å²) in [4.78, 5) is 11.7. The fourth-order valence-electron chi connectivity index (χ4n) is 2.66.